The van der Waals surface area contributed by atoms with E-state index in [9.17, 15) is 19.5 Å². The zero-order valence-corrected chi connectivity index (χ0v) is 18.3. The standard InChI is InChI=1S/C24H18Cl2N2O4/c25-19-12-11-16(20(26)13-19)14-27-22(31)24(17-7-3-1-4-8-17,18-9-5-2-6-10-18)28(23(27)32)15-21(29)30/h1-13H,14-15H2,(H,29,30). The van der Waals surface area contributed by atoms with Gasteiger partial charge in [0.05, 0.1) is 6.54 Å². The van der Waals surface area contributed by atoms with E-state index < -0.39 is 30.0 Å². The maximum atomic E-state index is 14.0. The Bertz CT molecular complexity index is 1150. The topological polar surface area (TPSA) is 77.9 Å². The van der Waals surface area contributed by atoms with Crippen molar-refractivity contribution in [3.63, 3.8) is 0 Å². The molecule has 6 nitrogen and oxygen atoms in total. The molecule has 1 N–H and O–H groups in total. The van der Waals surface area contributed by atoms with E-state index in [1.54, 1.807) is 72.8 Å². The minimum absolute atomic E-state index is 0.120. The zero-order valence-electron chi connectivity index (χ0n) is 16.7. The Morgan fingerprint density at radius 1 is 0.875 bits per heavy atom. The van der Waals surface area contributed by atoms with Crippen LogP contribution in [0.3, 0.4) is 0 Å². The molecular formula is C24H18Cl2N2O4. The number of aliphatic carboxylic acids is 1. The van der Waals surface area contributed by atoms with Crippen molar-refractivity contribution in [1.82, 2.24) is 9.80 Å². The number of hydrogen-bond donors (Lipinski definition) is 1. The molecule has 0 atom stereocenters. The molecule has 32 heavy (non-hydrogen) atoms. The van der Waals surface area contributed by atoms with E-state index in [1.807, 2.05) is 0 Å². The highest BCUT2D eigenvalue weighted by Gasteiger charge is 2.59. The van der Waals surface area contributed by atoms with E-state index >= 15 is 0 Å². The molecule has 0 bridgehead atoms. The average Bonchev–Trinajstić information content (AvgIpc) is 2.98. The third kappa shape index (κ3) is 3.61. The average molecular weight is 469 g/mol. The van der Waals surface area contributed by atoms with Gasteiger partial charge in [0.25, 0.3) is 5.91 Å². The molecule has 1 saturated heterocycles. The number of nitrogens with zero attached hydrogens (tertiary/aromatic N) is 2. The predicted molar refractivity (Wildman–Crippen MR) is 120 cm³/mol. The van der Waals surface area contributed by atoms with E-state index in [1.165, 1.54) is 6.07 Å². The molecule has 0 saturated carbocycles. The van der Waals surface area contributed by atoms with Crippen LogP contribution in [0.2, 0.25) is 10.0 Å². The number of imide groups is 1. The van der Waals surface area contributed by atoms with E-state index in [-0.39, 0.29) is 6.54 Å². The number of carboxylic acids is 1. The Hall–Kier alpha value is -3.35. The first kappa shape index (κ1) is 21.9. The molecule has 0 aliphatic carbocycles. The summed E-state index contributed by atoms with van der Waals surface area (Å²) in [6.07, 6.45) is 0. The van der Waals surface area contributed by atoms with Gasteiger partial charge >= 0.3 is 12.0 Å². The van der Waals surface area contributed by atoms with Gasteiger partial charge in [-0.15, -0.1) is 0 Å². The number of halogens is 2. The first-order chi connectivity index (χ1) is 15.4. The fourth-order valence-corrected chi connectivity index (χ4v) is 4.52. The van der Waals surface area contributed by atoms with Gasteiger partial charge < -0.3 is 5.11 Å². The van der Waals surface area contributed by atoms with Gasteiger partial charge in [0, 0.05) is 10.0 Å². The Morgan fingerprint density at radius 3 is 1.94 bits per heavy atom. The SMILES string of the molecule is O=C(O)CN1C(=O)N(Cc2ccc(Cl)cc2Cl)C(=O)C1(c1ccccc1)c1ccccc1. The Balaban J connectivity index is 1.91. The highest BCUT2D eigenvalue weighted by atomic mass is 35.5. The Kier molecular flexibility index (Phi) is 5.91. The smallest absolute Gasteiger partial charge is 0.329 e. The lowest BCUT2D eigenvalue weighted by Crippen LogP contribution is -2.49. The molecule has 8 heteroatoms. The maximum absolute atomic E-state index is 14.0. The number of benzene rings is 3. The van der Waals surface area contributed by atoms with Crippen LogP contribution in [0.1, 0.15) is 16.7 Å². The largest absolute Gasteiger partial charge is 0.480 e. The first-order valence-corrected chi connectivity index (χ1v) is 10.5. The van der Waals surface area contributed by atoms with Crippen molar-refractivity contribution in [1.29, 1.82) is 0 Å². The summed E-state index contributed by atoms with van der Waals surface area (Å²) >= 11 is 12.3. The fourth-order valence-electron chi connectivity index (χ4n) is 4.05. The second kappa shape index (κ2) is 8.65. The van der Waals surface area contributed by atoms with Gasteiger partial charge in [0.1, 0.15) is 6.54 Å². The summed E-state index contributed by atoms with van der Waals surface area (Å²) in [6.45, 7) is -0.773. The molecule has 0 unspecified atom stereocenters. The van der Waals surface area contributed by atoms with Crippen molar-refractivity contribution < 1.29 is 19.5 Å². The summed E-state index contributed by atoms with van der Waals surface area (Å²) < 4.78 is 0. The summed E-state index contributed by atoms with van der Waals surface area (Å²) in [5, 5.41) is 10.3. The summed E-state index contributed by atoms with van der Waals surface area (Å²) in [5.41, 5.74) is -0.118. The van der Waals surface area contributed by atoms with Crippen molar-refractivity contribution in [3.05, 3.63) is 106 Å². The third-order valence-corrected chi connectivity index (χ3v) is 6.03. The molecule has 3 amide bonds. The number of carbonyl (C=O) groups is 3. The zero-order chi connectivity index (χ0) is 22.9. The van der Waals surface area contributed by atoms with Gasteiger partial charge in [-0.2, -0.15) is 0 Å². The highest BCUT2D eigenvalue weighted by molar-refractivity contribution is 6.35. The molecule has 1 aliphatic rings. The lowest BCUT2D eigenvalue weighted by molar-refractivity contribution is -0.139. The number of amides is 3. The lowest BCUT2D eigenvalue weighted by Gasteiger charge is -2.35. The molecule has 1 fully saturated rings. The van der Waals surface area contributed by atoms with E-state index in [0.29, 0.717) is 26.7 Å². The quantitative estimate of drug-likeness (QED) is 0.527. The lowest BCUT2D eigenvalue weighted by atomic mass is 9.81. The van der Waals surface area contributed by atoms with Gasteiger partial charge in [-0.05, 0) is 28.8 Å². The van der Waals surface area contributed by atoms with Crippen LogP contribution in [0.15, 0.2) is 78.9 Å². The van der Waals surface area contributed by atoms with Crippen LogP contribution in [-0.2, 0) is 21.7 Å². The van der Waals surface area contributed by atoms with Crippen LogP contribution in [0, 0.1) is 0 Å². The van der Waals surface area contributed by atoms with Crippen LogP contribution in [0.25, 0.3) is 0 Å². The van der Waals surface area contributed by atoms with Gasteiger partial charge in [-0.1, -0.05) is 89.9 Å². The minimum Gasteiger partial charge on any atom is -0.480 e. The number of urea groups is 1. The Labute approximate surface area is 194 Å². The van der Waals surface area contributed by atoms with Crippen LogP contribution in [-0.4, -0.2) is 39.4 Å². The van der Waals surface area contributed by atoms with Crippen LogP contribution < -0.4 is 0 Å². The monoisotopic (exact) mass is 468 g/mol. The first-order valence-electron chi connectivity index (χ1n) is 9.76. The molecule has 3 aromatic rings. The summed E-state index contributed by atoms with van der Waals surface area (Å²) in [6, 6.07) is 21.5. The van der Waals surface area contributed by atoms with Crippen LogP contribution in [0.5, 0.6) is 0 Å². The van der Waals surface area contributed by atoms with Gasteiger partial charge in [0.15, 0.2) is 5.54 Å². The second-order valence-corrected chi connectivity index (χ2v) is 8.18. The van der Waals surface area contributed by atoms with Crippen molar-refractivity contribution in [3.8, 4) is 0 Å². The minimum atomic E-state index is -1.63. The van der Waals surface area contributed by atoms with Crippen LogP contribution >= 0.6 is 23.2 Å². The van der Waals surface area contributed by atoms with Crippen molar-refractivity contribution >= 4 is 41.1 Å². The molecule has 162 valence electrons. The number of carboxylic acid groups (broad SMARTS) is 1. The normalized spacial score (nSPS) is 15.3. The summed E-state index contributed by atoms with van der Waals surface area (Å²) in [4.78, 5) is 41.4. The highest BCUT2D eigenvalue weighted by Crippen LogP contribution is 2.43. The van der Waals surface area contributed by atoms with Gasteiger partial charge in [-0.3, -0.25) is 19.4 Å². The number of hydrogen-bond acceptors (Lipinski definition) is 3. The van der Waals surface area contributed by atoms with E-state index in [0.717, 1.165) is 9.80 Å². The van der Waals surface area contributed by atoms with E-state index in [2.05, 4.69) is 0 Å². The molecule has 0 radical (unpaired) electrons. The van der Waals surface area contributed by atoms with Crippen molar-refractivity contribution in [2.24, 2.45) is 0 Å². The molecule has 0 aromatic heterocycles. The van der Waals surface area contributed by atoms with E-state index in [4.69, 9.17) is 23.2 Å². The van der Waals surface area contributed by atoms with Crippen molar-refractivity contribution in [2.75, 3.05) is 6.54 Å². The van der Waals surface area contributed by atoms with Crippen molar-refractivity contribution in [2.45, 2.75) is 12.1 Å². The molecule has 0 spiro atoms. The molecule has 4 rings (SSSR count). The van der Waals surface area contributed by atoms with Gasteiger partial charge in [0.2, 0.25) is 0 Å². The number of carbonyl (C=O) groups excluding carboxylic acids is 2. The summed E-state index contributed by atoms with van der Waals surface area (Å²) in [7, 11) is 0. The van der Waals surface area contributed by atoms with Crippen LogP contribution in [0.4, 0.5) is 4.79 Å². The van der Waals surface area contributed by atoms with Gasteiger partial charge in [-0.25, -0.2) is 4.79 Å². The maximum Gasteiger partial charge on any atom is 0.329 e. The molecule has 3 aromatic carbocycles. The molecule has 1 heterocycles. The summed E-state index contributed by atoms with van der Waals surface area (Å²) in [5.74, 6) is -1.78. The second-order valence-electron chi connectivity index (χ2n) is 7.33. The number of rotatable bonds is 6. The molecular weight excluding hydrogens is 451 g/mol. The Morgan fingerprint density at radius 2 is 1.44 bits per heavy atom. The predicted octanol–water partition coefficient (Wildman–Crippen LogP) is 4.79. The fraction of sp³-hybridized carbons (Fsp3) is 0.125. The third-order valence-electron chi connectivity index (χ3n) is 5.44. The molecule has 1 aliphatic heterocycles.